The molecule has 1 aliphatic heterocycles. The Morgan fingerprint density at radius 3 is 3.15 bits per heavy atom. The van der Waals surface area contributed by atoms with E-state index in [-0.39, 0.29) is 11.8 Å². The van der Waals surface area contributed by atoms with Crippen molar-refractivity contribution in [3.63, 3.8) is 0 Å². The zero-order valence-corrected chi connectivity index (χ0v) is 7.50. The van der Waals surface area contributed by atoms with Crippen molar-refractivity contribution in [2.24, 2.45) is 0 Å². The third kappa shape index (κ3) is 0.755. The van der Waals surface area contributed by atoms with E-state index in [0.717, 1.165) is 6.42 Å². The molecule has 1 amide bonds. The van der Waals surface area contributed by atoms with E-state index in [0.29, 0.717) is 6.04 Å². The number of fused-ring (bicyclic) bond motifs is 5. The van der Waals surface area contributed by atoms with E-state index in [4.69, 9.17) is 0 Å². The minimum absolute atomic E-state index is 0.139. The monoisotopic (exact) mass is 173 g/mol. The molecule has 0 radical (unpaired) electrons. The van der Waals surface area contributed by atoms with E-state index >= 15 is 0 Å². The van der Waals surface area contributed by atoms with Crippen molar-refractivity contribution in [2.45, 2.75) is 25.3 Å². The third-order valence-electron chi connectivity index (χ3n) is 3.19. The molecule has 2 unspecified atom stereocenters. The predicted molar refractivity (Wildman–Crippen MR) is 49.4 cm³/mol. The number of hydrogen-bond donors (Lipinski definition) is 1. The van der Waals surface area contributed by atoms with Crippen LogP contribution >= 0.6 is 0 Å². The van der Waals surface area contributed by atoms with Gasteiger partial charge in [0.25, 0.3) is 0 Å². The first-order chi connectivity index (χ1) is 6.27. The summed E-state index contributed by atoms with van der Waals surface area (Å²) in [4.78, 5) is 11.4. The molecule has 1 N–H and O–H groups in total. The van der Waals surface area contributed by atoms with Crippen LogP contribution in [0.15, 0.2) is 18.2 Å². The van der Waals surface area contributed by atoms with Gasteiger partial charge in [-0.2, -0.15) is 0 Å². The summed E-state index contributed by atoms with van der Waals surface area (Å²) in [7, 11) is 0. The van der Waals surface area contributed by atoms with Gasteiger partial charge in [0.1, 0.15) is 0 Å². The van der Waals surface area contributed by atoms with Crippen LogP contribution < -0.4 is 5.32 Å². The van der Waals surface area contributed by atoms with Crippen LogP contribution in [0.2, 0.25) is 0 Å². The van der Waals surface area contributed by atoms with Crippen molar-refractivity contribution in [1.82, 2.24) is 5.32 Å². The zero-order valence-electron chi connectivity index (χ0n) is 7.50. The Morgan fingerprint density at radius 1 is 1.46 bits per heavy atom. The number of carbonyl (C=O) groups excluding carboxylic acids is 1. The minimum atomic E-state index is 0.139. The Bertz CT molecular complexity index is 397. The Hall–Kier alpha value is -1.31. The van der Waals surface area contributed by atoms with Crippen molar-refractivity contribution in [1.29, 1.82) is 0 Å². The van der Waals surface area contributed by atoms with Gasteiger partial charge in [0.2, 0.25) is 5.91 Å². The third-order valence-corrected chi connectivity index (χ3v) is 3.19. The van der Waals surface area contributed by atoms with Crippen LogP contribution in [-0.2, 0) is 4.79 Å². The molecule has 1 aromatic rings. The summed E-state index contributed by atoms with van der Waals surface area (Å²) in [6.07, 6.45) is 0.971. The first-order valence-electron chi connectivity index (χ1n) is 4.67. The maximum absolute atomic E-state index is 11.4. The molecule has 2 aliphatic rings. The highest BCUT2D eigenvalue weighted by Gasteiger charge is 2.43. The lowest BCUT2D eigenvalue weighted by Gasteiger charge is -2.17. The second-order valence-electron chi connectivity index (χ2n) is 3.93. The van der Waals surface area contributed by atoms with E-state index in [1.54, 1.807) is 0 Å². The van der Waals surface area contributed by atoms with Crippen LogP contribution in [-0.4, -0.2) is 5.91 Å². The summed E-state index contributed by atoms with van der Waals surface area (Å²) >= 11 is 0. The standard InChI is InChI=1S/C11H11NO/c1-6-3-2-4-7-8-5-9(10(6)7)12-11(8)13/h2-4,8-9H,5H2,1H3,(H,12,13). The highest BCUT2D eigenvalue weighted by molar-refractivity contribution is 5.89. The largest absolute Gasteiger partial charge is 0.349 e. The Labute approximate surface area is 77.0 Å². The van der Waals surface area contributed by atoms with Crippen LogP contribution in [0, 0.1) is 6.92 Å². The summed E-state index contributed by atoms with van der Waals surface area (Å²) in [5.74, 6) is 0.350. The lowest BCUT2D eigenvalue weighted by Crippen LogP contribution is -2.26. The van der Waals surface area contributed by atoms with E-state index in [2.05, 4.69) is 24.4 Å². The fraction of sp³-hybridized carbons (Fsp3) is 0.364. The summed E-state index contributed by atoms with van der Waals surface area (Å²) in [6, 6.07) is 6.55. The molecular formula is C11H11NO. The molecule has 1 aliphatic carbocycles. The number of aryl methyl sites for hydroxylation is 1. The second kappa shape index (κ2) is 2.13. The van der Waals surface area contributed by atoms with Crippen LogP contribution in [0.1, 0.15) is 35.1 Å². The highest BCUT2D eigenvalue weighted by Crippen LogP contribution is 2.46. The zero-order chi connectivity index (χ0) is 9.00. The number of benzene rings is 1. The van der Waals surface area contributed by atoms with Gasteiger partial charge >= 0.3 is 0 Å². The van der Waals surface area contributed by atoms with Crippen LogP contribution in [0.25, 0.3) is 0 Å². The molecule has 66 valence electrons. The predicted octanol–water partition coefficient (Wildman–Crippen LogP) is 1.65. The van der Waals surface area contributed by atoms with Gasteiger partial charge in [-0.15, -0.1) is 0 Å². The van der Waals surface area contributed by atoms with E-state index < -0.39 is 0 Å². The number of hydrogen-bond acceptors (Lipinski definition) is 1. The first kappa shape index (κ1) is 7.13. The van der Waals surface area contributed by atoms with Crippen molar-refractivity contribution in [3.05, 3.63) is 34.9 Å². The average Bonchev–Trinajstić information content (AvgIpc) is 2.61. The molecule has 2 atom stereocenters. The summed E-state index contributed by atoms with van der Waals surface area (Å²) < 4.78 is 0. The molecule has 2 heteroatoms. The maximum Gasteiger partial charge on any atom is 0.228 e. The molecule has 1 saturated heterocycles. The van der Waals surface area contributed by atoms with Gasteiger partial charge in [0.15, 0.2) is 0 Å². The second-order valence-corrected chi connectivity index (χ2v) is 3.93. The quantitative estimate of drug-likeness (QED) is 0.635. The van der Waals surface area contributed by atoms with Crippen molar-refractivity contribution in [2.75, 3.05) is 0 Å². The normalized spacial score (nSPS) is 28.8. The van der Waals surface area contributed by atoms with Gasteiger partial charge in [-0.05, 0) is 30.0 Å². The Balaban J connectivity index is 2.26. The Morgan fingerprint density at radius 2 is 2.31 bits per heavy atom. The summed E-state index contributed by atoms with van der Waals surface area (Å²) in [5, 5.41) is 3.01. The highest BCUT2D eigenvalue weighted by atomic mass is 16.2. The minimum Gasteiger partial charge on any atom is -0.349 e. The van der Waals surface area contributed by atoms with Gasteiger partial charge in [0, 0.05) is 0 Å². The van der Waals surface area contributed by atoms with Gasteiger partial charge in [-0.25, -0.2) is 0 Å². The molecule has 0 aromatic heterocycles. The van der Waals surface area contributed by atoms with Gasteiger partial charge in [-0.3, -0.25) is 4.79 Å². The number of carbonyl (C=O) groups is 1. The molecular weight excluding hydrogens is 162 g/mol. The lowest BCUT2D eigenvalue weighted by molar-refractivity contribution is -0.120. The van der Waals surface area contributed by atoms with E-state index in [9.17, 15) is 4.79 Å². The first-order valence-corrected chi connectivity index (χ1v) is 4.67. The van der Waals surface area contributed by atoms with Gasteiger partial charge in [-0.1, -0.05) is 18.2 Å². The van der Waals surface area contributed by atoms with E-state index in [1.165, 1.54) is 16.7 Å². The van der Waals surface area contributed by atoms with Crippen LogP contribution in [0.5, 0.6) is 0 Å². The van der Waals surface area contributed by atoms with Crippen molar-refractivity contribution < 1.29 is 4.79 Å². The average molecular weight is 173 g/mol. The maximum atomic E-state index is 11.4. The summed E-state index contributed by atoms with van der Waals surface area (Å²) in [5.41, 5.74) is 3.94. The van der Waals surface area contributed by atoms with E-state index in [1.807, 2.05) is 6.07 Å². The SMILES string of the molecule is Cc1cccc2c1C1CC2C(=O)N1. The molecule has 1 heterocycles. The molecule has 13 heavy (non-hydrogen) atoms. The number of rotatable bonds is 0. The molecule has 1 aromatic carbocycles. The number of nitrogens with one attached hydrogen (secondary N) is 1. The van der Waals surface area contributed by atoms with Gasteiger partial charge < -0.3 is 5.32 Å². The summed E-state index contributed by atoms with van der Waals surface area (Å²) in [6.45, 7) is 2.12. The van der Waals surface area contributed by atoms with Crippen LogP contribution in [0.4, 0.5) is 0 Å². The molecule has 0 spiro atoms. The topological polar surface area (TPSA) is 29.1 Å². The van der Waals surface area contributed by atoms with Crippen LogP contribution in [0.3, 0.4) is 0 Å². The van der Waals surface area contributed by atoms with Crippen molar-refractivity contribution >= 4 is 5.91 Å². The Kier molecular flexibility index (Phi) is 1.17. The molecule has 0 saturated carbocycles. The smallest absolute Gasteiger partial charge is 0.228 e. The number of amides is 1. The fourth-order valence-electron chi connectivity index (χ4n) is 2.62. The van der Waals surface area contributed by atoms with Gasteiger partial charge in [0.05, 0.1) is 12.0 Å². The molecule has 2 bridgehead atoms. The molecule has 2 nitrogen and oxygen atoms in total. The van der Waals surface area contributed by atoms with Crippen molar-refractivity contribution in [3.8, 4) is 0 Å². The fourth-order valence-corrected chi connectivity index (χ4v) is 2.62. The molecule has 3 rings (SSSR count). The lowest BCUT2D eigenvalue weighted by atomic mass is 9.96. The molecule has 1 fully saturated rings.